The Labute approximate surface area is 121 Å². The number of amides is 1. The van der Waals surface area contributed by atoms with E-state index >= 15 is 0 Å². The lowest BCUT2D eigenvalue weighted by molar-refractivity contribution is 0.0930. The minimum Gasteiger partial charge on any atom is -0.347 e. The van der Waals surface area contributed by atoms with Crippen LogP contribution in [0.4, 0.5) is 0 Å². The second-order valence-electron chi connectivity index (χ2n) is 5.06. The van der Waals surface area contributed by atoms with E-state index in [1.807, 2.05) is 20.0 Å². The highest BCUT2D eigenvalue weighted by molar-refractivity contribution is 7.08. The van der Waals surface area contributed by atoms with Crippen LogP contribution in [0.5, 0.6) is 0 Å². The minimum absolute atomic E-state index is 0.0536. The van der Waals surface area contributed by atoms with Crippen LogP contribution >= 0.6 is 11.5 Å². The molecule has 1 amide bonds. The van der Waals surface area contributed by atoms with Crippen molar-refractivity contribution in [1.29, 1.82) is 0 Å². The molecular weight excluding hydrogens is 274 g/mol. The Morgan fingerprint density at radius 1 is 1.60 bits per heavy atom. The number of nitrogens with one attached hydrogen (secondary N) is 1. The van der Waals surface area contributed by atoms with Crippen LogP contribution in [0.15, 0.2) is 6.20 Å². The number of nitrogens with zero attached hydrogens (tertiary/aromatic N) is 4. The average molecular weight is 291 g/mol. The summed E-state index contributed by atoms with van der Waals surface area (Å²) in [6, 6.07) is 0.149. The SMILES string of the molecule is CCc1nnsc1C(=O)N[C@H]1CCc2nc(C)cn2C1. The highest BCUT2D eigenvalue weighted by Gasteiger charge is 2.23. The number of carbonyl (C=O) groups is 1. The fourth-order valence-electron chi connectivity index (χ4n) is 2.57. The monoisotopic (exact) mass is 291 g/mol. The van der Waals surface area contributed by atoms with Gasteiger partial charge in [0, 0.05) is 25.2 Å². The largest absolute Gasteiger partial charge is 0.347 e. The number of hydrogen-bond donors (Lipinski definition) is 1. The minimum atomic E-state index is -0.0536. The van der Waals surface area contributed by atoms with Gasteiger partial charge in [0.2, 0.25) is 0 Å². The van der Waals surface area contributed by atoms with Gasteiger partial charge in [-0.15, -0.1) is 5.10 Å². The van der Waals surface area contributed by atoms with Crippen LogP contribution in [-0.2, 0) is 19.4 Å². The van der Waals surface area contributed by atoms with E-state index < -0.39 is 0 Å². The number of hydrogen-bond acceptors (Lipinski definition) is 5. The van der Waals surface area contributed by atoms with Gasteiger partial charge in [-0.1, -0.05) is 11.4 Å². The zero-order chi connectivity index (χ0) is 14.1. The van der Waals surface area contributed by atoms with Gasteiger partial charge < -0.3 is 9.88 Å². The Balaban J connectivity index is 1.69. The van der Waals surface area contributed by atoms with Crippen molar-refractivity contribution in [1.82, 2.24) is 24.5 Å². The highest BCUT2D eigenvalue weighted by Crippen LogP contribution is 2.17. The Morgan fingerprint density at radius 2 is 2.45 bits per heavy atom. The molecule has 20 heavy (non-hydrogen) atoms. The van der Waals surface area contributed by atoms with Crippen molar-refractivity contribution in [3.63, 3.8) is 0 Å². The highest BCUT2D eigenvalue weighted by atomic mass is 32.1. The summed E-state index contributed by atoms with van der Waals surface area (Å²) in [6.45, 7) is 4.76. The van der Waals surface area contributed by atoms with Gasteiger partial charge in [0.05, 0.1) is 11.4 Å². The maximum absolute atomic E-state index is 12.3. The predicted molar refractivity (Wildman–Crippen MR) is 75.8 cm³/mol. The van der Waals surface area contributed by atoms with Gasteiger partial charge >= 0.3 is 0 Å². The summed E-state index contributed by atoms with van der Waals surface area (Å²) >= 11 is 1.17. The third-order valence-corrected chi connectivity index (χ3v) is 4.31. The van der Waals surface area contributed by atoms with Crippen LogP contribution in [0.25, 0.3) is 0 Å². The first-order valence-corrected chi connectivity index (χ1v) is 7.59. The molecule has 0 fully saturated rings. The number of fused-ring (bicyclic) bond motifs is 1. The molecule has 6 nitrogen and oxygen atoms in total. The van der Waals surface area contributed by atoms with Crippen LogP contribution in [0, 0.1) is 6.92 Å². The first kappa shape index (κ1) is 13.2. The summed E-state index contributed by atoms with van der Waals surface area (Å²) in [5.74, 6) is 1.06. The molecule has 106 valence electrons. The number of aryl methyl sites for hydroxylation is 3. The Kier molecular flexibility index (Phi) is 3.52. The standard InChI is InChI=1S/C13H17N5OS/c1-3-10-12(20-17-16-10)13(19)15-9-4-5-11-14-8(2)6-18(11)7-9/h6,9H,3-5,7H2,1-2H3,(H,15,19)/t9-/m0/s1. The van der Waals surface area contributed by atoms with E-state index in [9.17, 15) is 4.79 Å². The molecule has 1 aliphatic heterocycles. The van der Waals surface area contributed by atoms with Crippen LogP contribution in [0.3, 0.4) is 0 Å². The maximum atomic E-state index is 12.3. The van der Waals surface area contributed by atoms with Crippen molar-refractivity contribution in [2.24, 2.45) is 0 Å². The Bertz CT molecular complexity index is 632. The molecule has 0 aliphatic carbocycles. The van der Waals surface area contributed by atoms with Gasteiger partial charge in [-0.3, -0.25) is 4.79 Å². The summed E-state index contributed by atoms with van der Waals surface area (Å²) in [4.78, 5) is 17.4. The third kappa shape index (κ3) is 2.45. The maximum Gasteiger partial charge on any atom is 0.265 e. The summed E-state index contributed by atoms with van der Waals surface area (Å²) in [7, 11) is 0. The van der Waals surface area contributed by atoms with Crippen molar-refractivity contribution >= 4 is 17.4 Å². The molecule has 7 heteroatoms. The summed E-state index contributed by atoms with van der Waals surface area (Å²) < 4.78 is 6.00. The normalized spacial score (nSPS) is 17.8. The molecule has 1 atom stereocenters. The van der Waals surface area contributed by atoms with Crippen LogP contribution < -0.4 is 5.32 Å². The molecule has 2 aromatic rings. The van der Waals surface area contributed by atoms with Gasteiger partial charge in [-0.25, -0.2) is 4.98 Å². The molecule has 0 bridgehead atoms. The van der Waals surface area contributed by atoms with E-state index in [0.29, 0.717) is 4.88 Å². The molecule has 0 spiro atoms. The van der Waals surface area contributed by atoms with Gasteiger partial charge in [0.1, 0.15) is 10.7 Å². The number of imidazole rings is 1. The summed E-state index contributed by atoms with van der Waals surface area (Å²) in [6.07, 6.45) is 4.60. The van der Waals surface area contributed by atoms with Crippen LogP contribution in [0.1, 0.15) is 40.2 Å². The summed E-state index contributed by atoms with van der Waals surface area (Å²) in [5, 5.41) is 7.07. The molecule has 0 saturated heterocycles. The van der Waals surface area contributed by atoms with E-state index in [0.717, 1.165) is 43.0 Å². The van der Waals surface area contributed by atoms with E-state index in [-0.39, 0.29) is 11.9 Å². The van der Waals surface area contributed by atoms with Crippen LogP contribution in [0.2, 0.25) is 0 Å². The molecule has 0 unspecified atom stereocenters. The number of rotatable bonds is 3. The lowest BCUT2D eigenvalue weighted by atomic mass is 10.1. The Morgan fingerprint density at radius 3 is 3.25 bits per heavy atom. The van der Waals surface area contributed by atoms with Gasteiger partial charge in [-0.05, 0) is 31.3 Å². The van der Waals surface area contributed by atoms with Crippen molar-refractivity contribution in [3.8, 4) is 0 Å². The number of aromatic nitrogens is 4. The van der Waals surface area contributed by atoms with Crippen LogP contribution in [-0.4, -0.2) is 31.1 Å². The Hall–Kier alpha value is -1.76. The first-order valence-electron chi connectivity index (χ1n) is 6.82. The zero-order valence-electron chi connectivity index (χ0n) is 11.6. The van der Waals surface area contributed by atoms with E-state index in [4.69, 9.17) is 0 Å². The molecule has 3 heterocycles. The fraction of sp³-hybridized carbons (Fsp3) is 0.538. The topological polar surface area (TPSA) is 72.7 Å². The second kappa shape index (κ2) is 5.32. The van der Waals surface area contributed by atoms with E-state index in [1.54, 1.807) is 0 Å². The molecule has 2 aromatic heterocycles. The van der Waals surface area contributed by atoms with Crippen molar-refractivity contribution in [2.75, 3.05) is 0 Å². The van der Waals surface area contributed by atoms with Crippen molar-refractivity contribution in [2.45, 2.75) is 45.7 Å². The lowest BCUT2D eigenvalue weighted by Gasteiger charge is -2.24. The summed E-state index contributed by atoms with van der Waals surface area (Å²) in [5.41, 5.74) is 1.81. The van der Waals surface area contributed by atoms with Gasteiger partial charge in [0.25, 0.3) is 5.91 Å². The quantitative estimate of drug-likeness (QED) is 0.926. The smallest absolute Gasteiger partial charge is 0.265 e. The van der Waals surface area contributed by atoms with Gasteiger partial charge in [-0.2, -0.15) is 0 Å². The molecule has 1 aliphatic rings. The zero-order valence-corrected chi connectivity index (χ0v) is 12.4. The number of carbonyl (C=O) groups excluding carboxylic acids is 1. The average Bonchev–Trinajstić information content (AvgIpc) is 3.02. The molecule has 0 aromatic carbocycles. The molecule has 3 rings (SSSR count). The van der Waals surface area contributed by atoms with Crippen molar-refractivity contribution in [3.05, 3.63) is 28.3 Å². The van der Waals surface area contributed by atoms with E-state index in [2.05, 4.69) is 24.5 Å². The predicted octanol–water partition coefficient (Wildman–Crippen LogP) is 1.35. The van der Waals surface area contributed by atoms with Crippen molar-refractivity contribution < 1.29 is 4.79 Å². The second-order valence-corrected chi connectivity index (χ2v) is 5.82. The first-order chi connectivity index (χ1) is 9.67. The molecule has 1 N–H and O–H groups in total. The molecular formula is C13H17N5OS. The third-order valence-electron chi connectivity index (χ3n) is 3.55. The lowest BCUT2D eigenvalue weighted by Crippen LogP contribution is -2.40. The van der Waals surface area contributed by atoms with Gasteiger partial charge in [0.15, 0.2) is 0 Å². The molecule has 0 saturated carbocycles. The van der Waals surface area contributed by atoms with E-state index in [1.165, 1.54) is 11.5 Å². The fourth-order valence-corrected chi connectivity index (χ4v) is 3.22. The molecule has 0 radical (unpaired) electrons.